The standard InChI is InChI=1S/C21H31N3O4S/c1-17-5-3-4-6-19(17)29(26,27)24-9-7-21(8-10-24)15-18(22(2)16-21)20(25)23-11-13-28-14-12-23/h3-6,18H,7-16H2,1-2H3. The number of likely N-dealkylation sites (tertiary alicyclic amines) is 1. The van der Waals surface area contributed by atoms with Crippen molar-refractivity contribution in [1.29, 1.82) is 0 Å². The van der Waals surface area contributed by atoms with Crippen LogP contribution in [0.25, 0.3) is 0 Å². The van der Waals surface area contributed by atoms with E-state index < -0.39 is 10.0 Å². The SMILES string of the molecule is Cc1ccccc1S(=O)(=O)N1CCC2(CC1)CC(C(=O)N1CCOCC1)N(C)C2. The third-order valence-corrected chi connectivity index (χ3v) is 8.90. The van der Waals surface area contributed by atoms with Crippen LogP contribution in [-0.2, 0) is 19.6 Å². The first-order valence-corrected chi connectivity index (χ1v) is 11.9. The molecule has 0 aromatic heterocycles. The Morgan fingerprint density at radius 2 is 1.76 bits per heavy atom. The zero-order valence-corrected chi connectivity index (χ0v) is 18.2. The van der Waals surface area contributed by atoms with Crippen molar-refractivity contribution in [2.75, 3.05) is 53.0 Å². The summed E-state index contributed by atoms with van der Waals surface area (Å²) in [4.78, 5) is 17.5. The molecule has 29 heavy (non-hydrogen) atoms. The van der Waals surface area contributed by atoms with Gasteiger partial charge in [-0.25, -0.2) is 8.42 Å². The first kappa shape index (κ1) is 20.8. The van der Waals surface area contributed by atoms with Crippen molar-refractivity contribution in [3.8, 4) is 0 Å². The van der Waals surface area contributed by atoms with E-state index in [1.165, 1.54) is 0 Å². The van der Waals surface area contributed by atoms with Gasteiger partial charge in [-0.1, -0.05) is 18.2 Å². The molecule has 3 aliphatic rings. The first-order valence-electron chi connectivity index (χ1n) is 10.5. The third-order valence-electron chi connectivity index (χ3n) is 6.85. The minimum atomic E-state index is -3.47. The summed E-state index contributed by atoms with van der Waals surface area (Å²) < 4.78 is 33.2. The number of carbonyl (C=O) groups is 1. The van der Waals surface area contributed by atoms with E-state index in [0.29, 0.717) is 44.3 Å². The molecule has 0 bridgehead atoms. The maximum Gasteiger partial charge on any atom is 0.243 e. The molecule has 3 heterocycles. The van der Waals surface area contributed by atoms with E-state index in [2.05, 4.69) is 4.90 Å². The van der Waals surface area contributed by atoms with Gasteiger partial charge in [-0.2, -0.15) is 4.31 Å². The van der Waals surface area contributed by atoms with Crippen LogP contribution in [0.15, 0.2) is 29.2 Å². The lowest BCUT2D eigenvalue weighted by Crippen LogP contribution is -2.48. The molecule has 1 spiro atoms. The molecule has 1 unspecified atom stereocenters. The van der Waals surface area contributed by atoms with Gasteiger partial charge in [-0.05, 0) is 50.3 Å². The van der Waals surface area contributed by atoms with Gasteiger partial charge in [0.05, 0.1) is 24.2 Å². The van der Waals surface area contributed by atoms with Crippen molar-refractivity contribution in [2.45, 2.75) is 37.1 Å². The zero-order valence-electron chi connectivity index (χ0n) is 17.3. The Bertz CT molecular complexity index is 858. The molecule has 3 fully saturated rings. The number of nitrogens with zero attached hydrogens (tertiary/aromatic N) is 3. The van der Waals surface area contributed by atoms with Gasteiger partial charge in [-0.3, -0.25) is 9.69 Å². The maximum atomic E-state index is 13.1. The Kier molecular flexibility index (Phi) is 5.72. The number of hydrogen-bond donors (Lipinski definition) is 0. The van der Waals surface area contributed by atoms with E-state index in [0.717, 1.165) is 31.4 Å². The van der Waals surface area contributed by atoms with E-state index in [9.17, 15) is 13.2 Å². The smallest absolute Gasteiger partial charge is 0.243 e. The van der Waals surface area contributed by atoms with Gasteiger partial charge in [0.1, 0.15) is 0 Å². The van der Waals surface area contributed by atoms with Crippen molar-refractivity contribution in [1.82, 2.24) is 14.1 Å². The fourth-order valence-corrected chi connectivity index (χ4v) is 6.76. The number of piperidine rings is 1. The number of carbonyl (C=O) groups excluding carboxylic acids is 1. The summed E-state index contributed by atoms with van der Waals surface area (Å²) in [6, 6.07) is 7.06. The molecule has 8 heteroatoms. The summed E-state index contributed by atoms with van der Waals surface area (Å²) in [7, 11) is -1.45. The molecule has 160 valence electrons. The summed E-state index contributed by atoms with van der Waals surface area (Å²) in [5, 5.41) is 0. The van der Waals surface area contributed by atoms with Crippen LogP contribution >= 0.6 is 0 Å². The van der Waals surface area contributed by atoms with Crippen LogP contribution in [0.1, 0.15) is 24.8 Å². The van der Waals surface area contributed by atoms with Crippen LogP contribution in [0.4, 0.5) is 0 Å². The molecule has 1 aromatic rings. The van der Waals surface area contributed by atoms with Crippen molar-refractivity contribution >= 4 is 15.9 Å². The second-order valence-electron chi connectivity index (χ2n) is 8.74. The van der Waals surface area contributed by atoms with Crippen LogP contribution in [0.5, 0.6) is 0 Å². The highest BCUT2D eigenvalue weighted by atomic mass is 32.2. The molecule has 4 rings (SSSR count). The van der Waals surface area contributed by atoms with Gasteiger partial charge in [-0.15, -0.1) is 0 Å². The molecule has 3 saturated heterocycles. The second-order valence-corrected chi connectivity index (χ2v) is 10.6. The molecule has 0 aliphatic carbocycles. The van der Waals surface area contributed by atoms with Crippen molar-refractivity contribution in [3.05, 3.63) is 29.8 Å². The van der Waals surface area contributed by atoms with E-state index in [-0.39, 0.29) is 17.4 Å². The molecule has 0 N–H and O–H groups in total. The molecule has 1 aromatic carbocycles. The number of benzene rings is 1. The third kappa shape index (κ3) is 3.95. The Balaban J connectivity index is 1.42. The number of ether oxygens (including phenoxy) is 1. The lowest BCUT2D eigenvalue weighted by atomic mass is 9.77. The first-order chi connectivity index (χ1) is 13.8. The topological polar surface area (TPSA) is 70.2 Å². The Labute approximate surface area is 173 Å². The highest BCUT2D eigenvalue weighted by molar-refractivity contribution is 7.89. The zero-order chi connectivity index (χ0) is 20.6. The molecule has 1 atom stereocenters. The minimum Gasteiger partial charge on any atom is -0.378 e. The van der Waals surface area contributed by atoms with Crippen LogP contribution in [0, 0.1) is 12.3 Å². The normalized spacial score (nSPS) is 26.1. The Morgan fingerprint density at radius 1 is 1.10 bits per heavy atom. The Hall–Kier alpha value is -1.48. The summed E-state index contributed by atoms with van der Waals surface area (Å²) in [5.41, 5.74) is 0.809. The monoisotopic (exact) mass is 421 g/mol. The average molecular weight is 422 g/mol. The largest absolute Gasteiger partial charge is 0.378 e. The Morgan fingerprint density at radius 3 is 2.41 bits per heavy atom. The molecular formula is C21H31N3O4S. The van der Waals surface area contributed by atoms with Crippen LogP contribution in [0.2, 0.25) is 0 Å². The predicted molar refractivity (Wildman–Crippen MR) is 110 cm³/mol. The molecule has 0 saturated carbocycles. The molecule has 3 aliphatic heterocycles. The molecule has 1 amide bonds. The lowest BCUT2D eigenvalue weighted by Gasteiger charge is -2.38. The number of hydrogen-bond acceptors (Lipinski definition) is 5. The summed E-state index contributed by atoms with van der Waals surface area (Å²) in [6.07, 6.45) is 2.42. The van der Waals surface area contributed by atoms with E-state index in [1.54, 1.807) is 16.4 Å². The highest BCUT2D eigenvalue weighted by Crippen LogP contribution is 2.44. The molecule has 0 radical (unpaired) electrons. The van der Waals surface area contributed by atoms with Crippen molar-refractivity contribution < 1.29 is 17.9 Å². The van der Waals surface area contributed by atoms with Gasteiger partial charge in [0.2, 0.25) is 15.9 Å². The van der Waals surface area contributed by atoms with Crippen LogP contribution in [0.3, 0.4) is 0 Å². The maximum absolute atomic E-state index is 13.1. The van der Waals surface area contributed by atoms with Crippen LogP contribution in [-0.4, -0.2) is 87.5 Å². The molecule has 7 nitrogen and oxygen atoms in total. The van der Waals surface area contributed by atoms with Crippen molar-refractivity contribution in [3.63, 3.8) is 0 Å². The van der Waals surface area contributed by atoms with Crippen LogP contribution < -0.4 is 0 Å². The fourth-order valence-electron chi connectivity index (χ4n) is 5.09. The number of morpholine rings is 1. The van der Waals surface area contributed by atoms with E-state index in [4.69, 9.17) is 4.74 Å². The summed E-state index contributed by atoms with van der Waals surface area (Å²) in [5.74, 6) is 0.197. The summed E-state index contributed by atoms with van der Waals surface area (Å²) >= 11 is 0. The number of aryl methyl sites for hydroxylation is 1. The average Bonchev–Trinajstić information content (AvgIpc) is 3.04. The number of sulfonamides is 1. The van der Waals surface area contributed by atoms with Gasteiger partial charge in [0.25, 0.3) is 0 Å². The number of rotatable bonds is 3. The number of amides is 1. The quantitative estimate of drug-likeness (QED) is 0.736. The predicted octanol–water partition coefficient (Wildman–Crippen LogP) is 1.33. The molecular weight excluding hydrogens is 390 g/mol. The van der Waals surface area contributed by atoms with Gasteiger partial charge in [0, 0.05) is 32.7 Å². The summed E-state index contributed by atoms with van der Waals surface area (Å²) in [6.45, 7) is 6.28. The van der Waals surface area contributed by atoms with Crippen molar-refractivity contribution in [2.24, 2.45) is 5.41 Å². The van der Waals surface area contributed by atoms with Gasteiger partial charge < -0.3 is 9.64 Å². The van der Waals surface area contributed by atoms with Gasteiger partial charge in [0.15, 0.2) is 0 Å². The lowest BCUT2D eigenvalue weighted by molar-refractivity contribution is -0.139. The van der Waals surface area contributed by atoms with E-state index in [1.807, 2.05) is 31.0 Å². The highest BCUT2D eigenvalue weighted by Gasteiger charge is 2.48. The minimum absolute atomic E-state index is 0.0269. The second kappa shape index (κ2) is 7.98. The fraction of sp³-hybridized carbons (Fsp3) is 0.667. The van der Waals surface area contributed by atoms with E-state index >= 15 is 0 Å². The van der Waals surface area contributed by atoms with Gasteiger partial charge >= 0.3 is 0 Å². The number of likely N-dealkylation sites (N-methyl/N-ethyl adjacent to an activating group) is 1.